The van der Waals surface area contributed by atoms with Crippen LogP contribution in [0.1, 0.15) is 38.2 Å². The van der Waals surface area contributed by atoms with E-state index in [1.165, 1.54) is 4.90 Å². The Morgan fingerprint density at radius 2 is 1.82 bits per heavy atom. The van der Waals surface area contributed by atoms with Gasteiger partial charge in [-0.1, -0.05) is 64.6 Å². The van der Waals surface area contributed by atoms with E-state index in [1.807, 2.05) is 24.3 Å². The van der Waals surface area contributed by atoms with Crippen molar-refractivity contribution in [2.24, 2.45) is 0 Å². The van der Waals surface area contributed by atoms with Crippen molar-refractivity contribution < 1.29 is 18.0 Å². The zero-order chi connectivity index (χ0) is 24.9. The molecule has 1 saturated carbocycles. The Morgan fingerprint density at radius 3 is 2.44 bits per heavy atom. The van der Waals surface area contributed by atoms with Gasteiger partial charge in [-0.25, -0.2) is 8.42 Å². The van der Waals surface area contributed by atoms with Gasteiger partial charge in [0.1, 0.15) is 12.6 Å². The van der Waals surface area contributed by atoms with Gasteiger partial charge in [0, 0.05) is 17.1 Å². The van der Waals surface area contributed by atoms with E-state index in [2.05, 4.69) is 21.2 Å². The van der Waals surface area contributed by atoms with E-state index in [9.17, 15) is 18.0 Å². The Balaban J connectivity index is 1.89. The molecular formula is C24H29BrClN3O4S. The number of nitrogens with one attached hydrogen (secondary N) is 1. The predicted octanol–water partition coefficient (Wildman–Crippen LogP) is 4.34. The smallest absolute Gasteiger partial charge is 0.244 e. The first-order valence-corrected chi connectivity index (χ1v) is 14.1. The first kappa shape index (κ1) is 26.5. The fourth-order valence-corrected chi connectivity index (χ4v) is 5.65. The molecule has 0 spiro atoms. The van der Waals surface area contributed by atoms with Crippen LogP contribution in [0.4, 0.5) is 5.69 Å². The van der Waals surface area contributed by atoms with Gasteiger partial charge < -0.3 is 10.2 Å². The third-order valence-electron chi connectivity index (χ3n) is 5.91. The molecule has 0 aliphatic heterocycles. The van der Waals surface area contributed by atoms with E-state index in [1.54, 1.807) is 31.2 Å². The minimum absolute atomic E-state index is 0.105. The van der Waals surface area contributed by atoms with Crippen LogP contribution in [0.5, 0.6) is 0 Å². The van der Waals surface area contributed by atoms with E-state index in [-0.39, 0.29) is 29.2 Å². The number of amides is 2. The molecule has 1 aliphatic rings. The van der Waals surface area contributed by atoms with Crippen molar-refractivity contribution >= 4 is 55.1 Å². The van der Waals surface area contributed by atoms with Crippen molar-refractivity contribution in [1.29, 1.82) is 0 Å². The maximum Gasteiger partial charge on any atom is 0.244 e. The van der Waals surface area contributed by atoms with Crippen molar-refractivity contribution in [1.82, 2.24) is 10.2 Å². The van der Waals surface area contributed by atoms with Crippen LogP contribution in [-0.2, 0) is 26.2 Å². The van der Waals surface area contributed by atoms with Crippen LogP contribution in [0, 0.1) is 0 Å². The monoisotopic (exact) mass is 569 g/mol. The molecule has 2 aromatic carbocycles. The number of para-hydroxylation sites is 1. The molecule has 34 heavy (non-hydrogen) atoms. The predicted molar refractivity (Wildman–Crippen MR) is 138 cm³/mol. The summed E-state index contributed by atoms with van der Waals surface area (Å²) in [7, 11) is -3.82. The number of hydrogen-bond donors (Lipinski definition) is 1. The summed E-state index contributed by atoms with van der Waals surface area (Å²) in [6, 6.07) is 13.2. The topological polar surface area (TPSA) is 86.8 Å². The number of halogens is 2. The summed E-state index contributed by atoms with van der Waals surface area (Å²) in [4.78, 5) is 28.0. The number of rotatable bonds is 9. The lowest BCUT2D eigenvalue weighted by Gasteiger charge is -2.32. The van der Waals surface area contributed by atoms with Crippen LogP contribution in [-0.4, -0.2) is 50.0 Å². The van der Waals surface area contributed by atoms with Crippen LogP contribution in [0.25, 0.3) is 0 Å². The highest BCUT2D eigenvalue weighted by molar-refractivity contribution is 9.10. The van der Waals surface area contributed by atoms with E-state index in [0.717, 1.165) is 46.3 Å². The summed E-state index contributed by atoms with van der Waals surface area (Å²) in [5, 5.41) is 3.25. The Morgan fingerprint density at radius 1 is 1.15 bits per heavy atom. The molecule has 0 aromatic heterocycles. The molecule has 0 radical (unpaired) electrons. The van der Waals surface area contributed by atoms with Gasteiger partial charge in [-0.3, -0.25) is 13.9 Å². The van der Waals surface area contributed by atoms with Crippen LogP contribution < -0.4 is 9.62 Å². The minimum Gasteiger partial charge on any atom is -0.352 e. The van der Waals surface area contributed by atoms with Crippen molar-refractivity contribution in [3.05, 3.63) is 63.6 Å². The van der Waals surface area contributed by atoms with Gasteiger partial charge in [0.15, 0.2) is 0 Å². The Kier molecular flexibility index (Phi) is 9.01. The van der Waals surface area contributed by atoms with Gasteiger partial charge >= 0.3 is 0 Å². The molecular weight excluding hydrogens is 542 g/mol. The molecule has 184 valence electrons. The molecule has 1 fully saturated rings. The van der Waals surface area contributed by atoms with Gasteiger partial charge in [0.2, 0.25) is 21.8 Å². The van der Waals surface area contributed by atoms with Crippen molar-refractivity contribution in [2.45, 2.75) is 51.2 Å². The molecule has 1 N–H and O–H groups in total. The molecule has 10 heteroatoms. The maximum absolute atomic E-state index is 13.5. The first-order valence-electron chi connectivity index (χ1n) is 11.1. The van der Waals surface area contributed by atoms with Crippen molar-refractivity contribution in [2.75, 3.05) is 17.1 Å². The number of hydrogen-bond acceptors (Lipinski definition) is 4. The number of benzene rings is 2. The highest BCUT2D eigenvalue weighted by atomic mass is 79.9. The Labute approximate surface area is 214 Å². The Bertz CT molecular complexity index is 1140. The molecule has 2 aromatic rings. The second-order valence-electron chi connectivity index (χ2n) is 8.54. The van der Waals surface area contributed by atoms with Crippen LogP contribution in [0.2, 0.25) is 5.02 Å². The number of carbonyl (C=O) groups excluding carboxylic acids is 2. The standard InChI is InChI=1S/C24H29BrClN3O4S/c1-17(24(31)27-20-10-3-4-11-20)28(15-18-8-7-9-19(25)14-18)23(30)16-29(34(2,32)33)22-13-6-5-12-21(22)26/h5-9,12-14,17,20H,3-4,10-11,15-16H2,1-2H3,(H,27,31)/t17-/m0/s1. The summed E-state index contributed by atoms with van der Waals surface area (Å²) < 4.78 is 27.0. The zero-order valence-corrected chi connectivity index (χ0v) is 22.4. The SMILES string of the molecule is C[C@@H](C(=O)NC1CCCC1)N(Cc1cccc(Br)c1)C(=O)CN(c1ccccc1Cl)S(C)(=O)=O. The quantitative estimate of drug-likeness (QED) is 0.486. The highest BCUT2D eigenvalue weighted by Crippen LogP contribution is 2.27. The van der Waals surface area contributed by atoms with Crippen LogP contribution in [0.15, 0.2) is 53.0 Å². The third-order valence-corrected chi connectivity index (χ3v) is 7.85. The molecule has 2 amide bonds. The van der Waals surface area contributed by atoms with E-state index < -0.39 is 28.5 Å². The van der Waals surface area contributed by atoms with E-state index in [4.69, 9.17) is 11.6 Å². The number of nitrogens with zero attached hydrogens (tertiary/aromatic N) is 2. The fraction of sp³-hybridized carbons (Fsp3) is 0.417. The van der Waals surface area contributed by atoms with E-state index in [0.29, 0.717) is 0 Å². The molecule has 0 unspecified atom stereocenters. The molecule has 1 aliphatic carbocycles. The summed E-state index contributed by atoms with van der Waals surface area (Å²) >= 11 is 9.68. The Hall–Kier alpha value is -2.10. The van der Waals surface area contributed by atoms with Gasteiger partial charge in [-0.2, -0.15) is 0 Å². The van der Waals surface area contributed by atoms with Gasteiger partial charge in [0.25, 0.3) is 0 Å². The van der Waals surface area contributed by atoms with Gasteiger partial charge in [-0.05, 0) is 49.6 Å². The lowest BCUT2D eigenvalue weighted by molar-refractivity contribution is -0.139. The number of carbonyl (C=O) groups is 2. The number of anilines is 1. The van der Waals surface area contributed by atoms with Crippen LogP contribution >= 0.6 is 27.5 Å². The lowest BCUT2D eigenvalue weighted by Crippen LogP contribution is -2.52. The first-order chi connectivity index (χ1) is 16.1. The van der Waals surface area contributed by atoms with Gasteiger partial charge in [0.05, 0.1) is 17.0 Å². The molecule has 0 heterocycles. The molecule has 0 bridgehead atoms. The maximum atomic E-state index is 13.5. The average Bonchev–Trinajstić information content (AvgIpc) is 3.28. The van der Waals surface area contributed by atoms with Gasteiger partial charge in [-0.15, -0.1) is 0 Å². The molecule has 3 rings (SSSR count). The fourth-order valence-electron chi connectivity index (χ4n) is 4.06. The normalized spacial score (nSPS) is 15.1. The molecule has 0 saturated heterocycles. The lowest BCUT2D eigenvalue weighted by atomic mass is 10.1. The summed E-state index contributed by atoms with van der Waals surface area (Å²) in [6.45, 7) is 1.34. The van der Waals surface area contributed by atoms with E-state index >= 15 is 0 Å². The molecule has 7 nitrogen and oxygen atoms in total. The third kappa shape index (κ3) is 6.96. The summed E-state index contributed by atoms with van der Waals surface area (Å²) in [6.07, 6.45) is 5.01. The average molecular weight is 571 g/mol. The second kappa shape index (κ2) is 11.6. The minimum atomic E-state index is -3.82. The zero-order valence-electron chi connectivity index (χ0n) is 19.2. The van der Waals surface area contributed by atoms with Crippen molar-refractivity contribution in [3.63, 3.8) is 0 Å². The second-order valence-corrected chi connectivity index (χ2v) is 11.8. The summed E-state index contributed by atoms with van der Waals surface area (Å²) in [5.41, 5.74) is 1.03. The highest BCUT2D eigenvalue weighted by Gasteiger charge is 2.31. The van der Waals surface area contributed by atoms with Crippen molar-refractivity contribution in [3.8, 4) is 0 Å². The summed E-state index contributed by atoms with van der Waals surface area (Å²) in [5.74, 6) is -0.752. The van der Waals surface area contributed by atoms with Crippen LogP contribution in [0.3, 0.4) is 0 Å². The molecule has 1 atom stereocenters. The largest absolute Gasteiger partial charge is 0.352 e. The number of sulfonamides is 1.